The summed E-state index contributed by atoms with van der Waals surface area (Å²) in [6.45, 7) is 7.37. The summed E-state index contributed by atoms with van der Waals surface area (Å²) in [7, 11) is -9.92. The number of hydrogen-bond donors (Lipinski definition) is 3. The van der Waals surface area contributed by atoms with Crippen LogP contribution in [0.2, 0.25) is 0 Å². The summed E-state index contributed by atoms with van der Waals surface area (Å²) in [5.41, 5.74) is 0. The molecule has 0 aromatic carbocycles. The molecule has 0 rings (SSSR count). The molecule has 0 radical (unpaired) electrons. The molecule has 0 amide bonds. The second-order valence-corrected chi connectivity index (χ2v) is 33.3. The van der Waals surface area contributed by atoms with Crippen LogP contribution in [0.5, 0.6) is 0 Å². The highest BCUT2D eigenvalue weighted by atomic mass is 31.2. The molecule has 0 saturated heterocycles. The smallest absolute Gasteiger partial charge is 0.462 e. The zero-order valence-electron chi connectivity index (χ0n) is 66.8. The van der Waals surface area contributed by atoms with Gasteiger partial charge in [-0.05, 0) is 31.6 Å². The second kappa shape index (κ2) is 75.9. The molecule has 606 valence electrons. The Hall–Kier alpha value is -1.94. The van der Waals surface area contributed by atoms with Gasteiger partial charge in [-0.3, -0.25) is 37.3 Å². The third kappa shape index (κ3) is 76.3. The zero-order chi connectivity index (χ0) is 74.8. The Morgan fingerprint density at radius 2 is 0.451 bits per heavy atom. The Bertz CT molecular complexity index is 1940. The summed E-state index contributed by atoms with van der Waals surface area (Å²) in [5, 5.41) is 10.7. The van der Waals surface area contributed by atoms with Crippen molar-refractivity contribution in [2.24, 2.45) is 5.92 Å². The van der Waals surface area contributed by atoms with Crippen molar-refractivity contribution in [3.63, 3.8) is 0 Å². The Morgan fingerprint density at radius 3 is 0.667 bits per heavy atom. The van der Waals surface area contributed by atoms with E-state index in [1.807, 2.05) is 0 Å². The number of phosphoric ester groups is 2. The molecule has 19 heteroatoms. The summed E-state index contributed by atoms with van der Waals surface area (Å²) < 4.78 is 68.8. The van der Waals surface area contributed by atoms with Crippen LogP contribution in [0.15, 0.2) is 0 Å². The average molecular weight is 1490 g/mol. The van der Waals surface area contributed by atoms with Gasteiger partial charge in [0, 0.05) is 25.7 Å². The largest absolute Gasteiger partial charge is 0.472 e. The van der Waals surface area contributed by atoms with Crippen LogP contribution in [0.3, 0.4) is 0 Å². The summed E-state index contributed by atoms with van der Waals surface area (Å²) in [5.74, 6) is -1.31. The SMILES string of the molecule is CCCCCCCCCCCCCCCCCCCCCCC(=O)O[C@H](COC(=O)CCCCCCCCCCCCCCCC(C)C)COP(=O)(O)OC[C@@H](O)COP(=O)(O)OC[C@@H](COC(=O)CCCCCCCCCCCCC)OC(=O)CCCCCCCCCCCCCCCCC. The molecule has 0 aliphatic heterocycles. The quantitative estimate of drug-likeness (QED) is 0.0222. The van der Waals surface area contributed by atoms with Crippen LogP contribution in [0, 0.1) is 5.92 Å². The summed E-state index contributed by atoms with van der Waals surface area (Å²) in [4.78, 5) is 73.1. The van der Waals surface area contributed by atoms with Crippen LogP contribution in [0.4, 0.5) is 0 Å². The highest BCUT2D eigenvalue weighted by Gasteiger charge is 2.30. The molecule has 0 aliphatic carbocycles. The standard InChI is InChI=1S/C83H162O17P2/c1-6-9-12-15-18-21-24-26-28-29-30-31-32-34-38-44-49-54-59-64-69-83(88)100-79(73-94-81(86)67-62-57-52-47-42-39-35-36-41-45-50-55-60-65-76(4)5)75-98-102(91,92)96-71-77(84)70-95-101(89,90)97-74-78(72-93-80(85)66-61-56-51-46-40-23-20-17-14-11-8-3)99-82(87)68-63-58-53-48-43-37-33-27-25-22-19-16-13-10-7-2/h76-79,84H,6-75H2,1-5H3,(H,89,90)(H,91,92)/t77-,78+,79+/m0/s1. The zero-order valence-corrected chi connectivity index (χ0v) is 68.5. The number of ether oxygens (including phenoxy) is 4. The van der Waals surface area contributed by atoms with Gasteiger partial charge in [0.15, 0.2) is 12.2 Å². The van der Waals surface area contributed by atoms with Gasteiger partial charge in [-0.2, -0.15) is 0 Å². The van der Waals surface area contributed by atoms with E-state index in [1.54, 1.807) is 0 Å². The van der Waals surface area contributed by atoms with Crippen LogP contribution in [-0.4, -0.2) is 96.7 Å². The van der Waals surface area contributed by atoms with Gasteiger partial charge in [-0.25, -0.2) is 9.13 Å². The van der Waals surface area contributed by atoms with E-state index in [4.69, 9.17) is 37.0 Å². The fourth-order valence-corrected chi connectivity index (χ4v) is 14.5. The van der Waals surface area contributed by atoms with Gasteiger partial charge in [0.2, 0.25) is 0 Å². The minimum atomic E-state index is -4.96. The number of carbonyl (C=O) groups is 4. The molecular formula is C83H162O17P2. The Balaban J connectivity index is 5.24. The van der Waals surface area contributed by atoms with Crippen LogP contribution in [-0.2, 0) is 65.4 Å². The Kier molecular flexibility index (Phi) is 74.4. The molecule has 0 fully saturated rings. The van der Waals surface area contributed by atoms with Crippen molar-refractivity contribution in [3.05, 3.63) is 0 Å². The molecule has 0 bridgehead atoms. The van der Waals surface area contributed by atoms with E-state index in [0.717, 1.165) is 95.8 Å². The van der Waals surface area contributed by atoms with Gasteiger partial charge in [0.1, 0.15) is 19.3 Å². The minimum Gasteiger partial charge on any atom is -0.462 e. The van der Waals surface area contributed by atoms with Gasteiger partial charge in [-0.1, -0.05) is 394 Å². The lowest BCUT2D eigenvalue weighted by atomic mass is 10.0. The summed E-state index contributed by atoms with van der Waals surface area (Å²) in [6.07, 6.45) is 67.9. The highest BCUT2D eigenvalue weighted by Crippen LogP contribution is 2.45. The first-order valence-electron chi connectivity index (χ1n) is 43.1. The Morgan fingerprint density at radius 1 is 0.265 bits per heavy atom. The number of phosphoric acid groups is 2. The summed E-state index contributed by atoms with van der Waals surface area (Å²) in [6, 6.07) is 0. The molecule has 0 saturated carbocycles. The van der Waals surface area contributed by atoms with E-state index >= 15 is 0 Å². The van der Waals surface area contributed by atoms with Crippen molar-refractivity contribution in [2.75, 3.05) is 39.6 Å². The fraction of sp³-hybridized carbons (Fsp3) is 0.952. The number of hydrogen-bond acceptors (Lipinski definition) is 15. The summed E-state index contributed by atoms with van der Waals surface area (Å²) >= 11 is 0. The maximum Gasteiger partial charge on any atom is 0.472 e. The number of rotatable bonds is 83. The van der Waals surface area contributed by atoms with Gasteiger partial charge in [0.05, 0.1) is 26.4 Å². The van der Waals surface area contributed by atoms with E-state index in [-0.39, 0.29) is 25.7 Å². The Labute approximate surface area is 626 Å². The fourth-order valence-electron chi connectivity index (χ4n) is 12.9. The van der Waals surface area contributed by atoms with Crippen molar-refractivity contribution in [1.82, 2.24) is 0 Å². The van der Waals surface area contributed by atoms with E-state index in [9.17, 15) is 43.2 Å². The van der Waals surface area contributed by atoms with E-state index in [0.29, 0.717) is 25.7 Å². The number of aliphatic hydroxyl groups is 1. The first kappa shape index (κ1) is 100. The molecule has 102 heavy (non-hydrogen) atoms. The maximum absolute atomic E-state index is 13.1. The van der Waals surface area contributed by atoms with Gasteiger partial charge in [-0.15, -0.1) is 0 Å². The van der Waals surface area contributed by atoms with Crippen molar-refractivity contribution in [2.45, 2.75) is 464 Å². The van der Waals surface area contributed by atoms with Gasteiger partial charge < -0.3 is 33.8 Å². The lowest BCUT2D eigenvalue weighted by Crippen LogP contribution is -2.30. The number of unbranched alkanes of at least 4 members (excludes halogenated alkanes) is 55. The predicted molar refractivity (Wildman–Crippen MR) is 418 cm³/mol. The molecule has 2 unspecified atom stereocenters. The maximum atomic E-state index is 13.1. The monoisotopic (exact) mass is 1490 g/mol. The molecular weight excluding hydrogens is 1330 g/mol. The molecule has 0 aromatic heterocycles. The minimum absolute atomic E-state index is 0.109. The lowest BCUT2D eigenvalue weighted by Gasteiger charge is -2.21. The number of esters is 4. The van der Waals surface area contributed by atoms with Crippen LogP contribution in [0.1, 0.15) is 446 Å². The normalized spacial score (nSPS) is 13.8. The molecule has 3 N–H and O–H groups in total. The average Bonchev–Trinajstić information content (AvgIpc) is 0.942. The number of carbonyl (C=O) groups excluding carboxylic acids is 4. The molecule has 5 atom stereocenters. The van der Waals surface area contributed by atoms with Gasteiger partial charge >= 0.3 is 39.5 Å². The topological polar surface area (TPSA) is 237 Å². The molecule has 0 heterocycles. The van der Waals surface area contributed by atoms with Gasteiger partial charge in [0.25, 0.3) is 0 Å². The van der Waals surface area contributed by atoms with Crippen LogP contribution >= 0.6 is 15.6 Å². The second-order valence-electron chi connectivity index (χ2n) is 30.3. The van der Waals surface area contributed by atoms with E-state index < -0.39 is 97.5 Å². The molecule has 0 aromatic rings. The van der Waals surface area contributed by atoms with E-state index in [2.05, 4.69) is 34.6 Å². The highest BCUT2D eigenvalue weighted by molar-refractivity contribution is 7.47. The molecule has 0 aliphatic rings. The van der Waals surface area contributed by atoms with Crippen molar-refractivity contribution >= 4 is 39.5 Å². The van der Waals surface area contributed by atoms with Crippen molar-refractivity contribution in [1.29, 1.82) is 0 Å². The van der Waals surface area contributed by atoms with Crippen LogP contribution in [0.25, 0.3) is 0 Å². The third-order valence-electron chi connectivity index (χ3n) is 19.5. The van der Waals surface area contributed by atoms with Crippen molar-refractivity contribution < 1.29 is 80.2 Å². The molecule has 17 nitrogen and oxygen atoms in total. The predicted octanol–water partition coefficient (Wildman–Crippen LogP) is 25.2. The number of aliphatic hydroxyl groups excluding tert-OH is 1. The third-order valence-corrected chi connectivity index (χ3v) is 21.4. The van der Waals surface area contributed by atoms with E-state index in [1.165, 1.54) is 270 Å². The van der Waals surface area contributed by atoms with Crippen molar-refractivity contribution in [3.8, 4) is 0 Å². The molecule has 0 spiro atoms. The first-order valence-corrected chi connectivity index (χ1v) is 46.1. The van der Waals surface area contributed by atoms with Crippen LogP contribution < -0.4 is 0 Å². The first-order chi connectivity index (χ1) is 49.5. The lowest BCUT2D eigenvalue weighted by molar-refractivity contribution is -0.161.